The highest BCUT2D eigenvalue weighted by Crippen LogP contribution is 2.22. The maximum absolute atomic E-state index is 11.9. The molecule has 35 heavy (non-hydrogen) atoms. The number of nitrogens with one attached hydrogen (secondary N) is 2. The first-order chi connectivity index (χ1) is 17.0. The Morgan fingerprint density at radius 2 is 1.63 bits per heavy atom. The number of carbonyl (C=O) groups is 2. The number of aromatic nitrogens is 1. The molecule has 0 aliphatic carbocycles. The van der Waals surface area contributed by atoms with E-state index in [1.54, 1.807) is 5.48 Å². The van der Waals surface area contributed by atoms with Crippen molar-refractivity contribution < 1.29 is 19.5 Å². The van der Waals surface area contributed by atoms with Crippen molar-refractivity contribution >= 4 is 17.6 Å². The number of morpholine rings is 1. The number of ether oxygens (including phenoxy) is 1. The van der Waals surface area contributed by atoms with Crippen molar-refractivity contribution in [1.82, 2.24) is 15.4 Å². The van der Waals surface area contributed by atoms with E-state index in [2.05, 4.69) is 39.2 Å². The molecule has 2 amide bonds. The molecule has 3 aromatic rings. The Hall–Kier alpha value is -4.03. The third-order valence-corrected chi connectivity index (χ3v) is 5.49. The highest BCUT2D eigenvalue weighted by atomic mass is 16.5. The molecule has 0 unspecified atom stereocenters. The summed E-state index contributed by atoms with van der Waals surface area (Å²) in [5.74, 6) is 5.56. The summed E-state index contributed by atoms with van der Waals surface area (Å²) in [6.45, 7) is 5.76. The van der Waals surface area contributed by atoms with Crippen molar-refractivity contribution in [3.05, 3.63) is 82.9 Å². The Kier molecular flexibility index (Phi) is 7.85. The molecule has 0 atom stereocenters. The zero-order valence-electron chi connectivity index (χ0n) is 19.4. The van der Waals surface area contributed by atoms with Crippen LogP contribution in [0, 0.1) is 11.8 Å². The number of hydrogen-bond donors (Lipinski definition) is 3. The number of hydrogen-bond acceptors (Lipinski definition) is 6. The second-order valence-corrected chi connectivity index (χ2v) is 8.16. The summed E-state index contributed by atoms with van der Waals surface area (Å²) in [4.78, 5) is 30.1. The van der Waals surface area contributed by atoms with Crippen LogP contribution in [0.3, 0.4) is 0 Å². The number of nitrogens with zero attached hydrogens (tertiary/aromatic N) is 2. The van der Waals surface area contributed by atoms with Gasteiger partial charge in [0.05, 0.1) is 18.9 Å². The van der Waals surface area contributed by atoms with Gasteiger partial charge >= 0.3 is 0 Å². The van der Waals surface area contributed by atoms with E-state index in [9.17, 15) is 9.59 Å². The van der Waals surface area contributed by atoms with E-state index in [-0.39, 0.29) is 17.3 Å². The minimum atomic E-state index is -0.696. The van der Waals surface area contributed by atoms with Gasteiger partial charge in [0.2, 0.25) is 5.91 Å². The predicted octanol–water partition coefficient (Wildman–Crippen LogP) is 3.06. The maximum Gasteiger partial charge on any atom is 0.274 e. The van der Waals surface area contributed by atoms with Crippen LogP contribution in [0.2, 0.25) is 0 Å². The van der Waals surface area contributed by atoms with Gasteiger partial charge in [-0.3, -0.25) is 19.7 Å². The van der Waals surface area contributed by atoms with E-state index in [0.717, 1.165) is 49.5 Å². The Bertz CT molecular complexity index is 1260. The van der Waals surface area contributed by atoms with Crippen molar-refractivity contribution in [3.63, 3.8) is 0 Å². The van der Waals surface area contributed by atoms with Crippen LogP contribution in [0.1, 0.15) is 34.0 Å². The lowest BCUT2D eigenvalue weighted by molar-refractivity contribution is -0.114. The van der Waals surface area contributed by atoms with Gasteiger partial charge in [-0.2, -0.15) is 0 Å². The van der Waals surface area contributed by atoms with Gasteiger partial charge < -0.3 is 10.1 Å². The lowest BCUT2D eigenvalue weighted by Crippen LogP contribution is -2.35. The van der Waals surface area contributed by atoms with Gasteiger partial charge in [-0.05, 0) is 42.0 Å². The predicted molar refractivity (Wildman–Crippen MR) is 132 cm³/mol. The van der Waals surface area contributed by atoms with Crippen LogP contribution >= 0.6 is 0 Å². The van der Waals surface area contributed by atoms with Gasteiger partial charge in [0.25, 0.3) is 5.91 Å². The van der Waals surface area contributed by atoms with E-state index >= 15 is 0 Å². The van der Waals surface area contributed by atoms with E-state index in [1.165, 1.54) is 24.6 Å². The monoisotopic (exact) mass is 470 g/mol. The lowest BCUT2D eigenvalue weighted by atomic mass is 10.1. The molecule has 8 heteroatoms. The van der Waals surface area contributed by atoms with Gasteiger partial charge in [-0.25, -0.2) is 10.5 Å². The Morgan fingerprint density at radius 1 is 1.00 bits per heavy atom. The summed E-state index contributed by atoms with van der Waals surface area (Å²) in [6, 6.07) is 18.6. The molecular weight excluding hydrogens is 444 g/mol. The standard InChI is InChI=1S/C27H26N4O4/c1-19(32)28-26-17-24(27(33)30-34)16-25(29-26)23-10-8-21(9-11-23)3-2-20-4-6-22(7-5-20)18-31-12-14-35-15-13-31/h4-11,16-17,34H,12-15,18H2,1H3,(H,30,33)(H,28,29,32). The molecule has 1 saturated heterocycles. The number of anilines is 1. The number of carbonyl (C=O) groups excluding carboxylic acids is 2. The number of rotatable bonds is 5. The summed E-state index contributed by atoms with van der Waals surface area (Å²) in [6.07, 6.45) is 0. The highest BCUT2D eigenvalue weighted by Gasteiger charge is 2.12. The van der Waals surface area contributed by atoms with Gasteiger partial charge in [0, 0.05) is 48.8 Å². The molecule has 0 bridgehead atoms. The summed E-state index contributed by atoms with van der Waals surface area (Å²) < 4.78 is 5.40. The normalized spacial score (nSPS) is 13.4. The average molecular weight is 471 g/mol. The van der Waals surface area contributed by atoms with E-state index < -0.39 is 5.91 Å². The van der Waals surface area contributed by atoms with Crippen LogP contribution in [-0.2, 0) is 16.1 Å². The molecule has 1 fully saturated rings. The third-order valence-electron chi connectivity index (χ3n) is 5.49. The fourth-order valence-corrected chi connectivity index (χ4v) is 3.70. The minimum Gasteiger partial charge on any atom is -0.379 e. The van der Waals surface area contributed by atoms with Gasteiger partial charge in [0.15, 0.2) is 0 Å². The molecule has 0 radical (unpaired) electrons. The first-order valence-electron chi connectivity index (χ1n) is 11.3. The molecule has 2 heterocycles. The van der Waals surface area contributed by atoms with Crippen molar-refractivity contribution in [2.75, 3.05) is 31.6 Å². The molecule has 1 aliphatic heterocycles. The SMILES string of the molecule is CC(=O)Nc1cc(C(=O)NO)cc(-c2ccc(C#Cc3ccc(CN4CCOCC4)cc3)cc2)n1. The lowest BCUT2D eigenvalue weighted by Gasteiger charge is -2.26. The smallest absolute Gasteiger partial charge is 0.274 e. The van der Waals surface area contributed by atoms with E-state index in [1.807, 2.05) is 36.4 Å². The molecule has 178 valence electrons. The fourth-order valence-electron chi connectivity index (χ4n) is 3.70. The second-order valence-electron chi connectivity index (χ2n) is 8.16. The first-order valence-corrected chi connectivity index (χ1v) is 11.3. The number of pyridine rings is 1. The summed E-state index contributed by atoms with van der Waals surface area (Å²) in [5, 5.41) is 11.5. The molecule has 0 saturated carbocycles. The van der Waals surface area contributed by atoms with Gasteiger partial charge in [-0.15, -0.1) is 0 Å². The van der Waals surface area contributed by atoms with Gasteiger partial charge in [0.1, 0.15) is 5.82 Å². The average Bonchev–Trinajstić information content (AvgIpc) is 2.88. The zero-order valence-corrected chi connectivity index (χ0v) is 19.4. The van der Waals surface area contributed by atoms with Crippen molar-refractivity contribution in [2.45, 2.75) is 13.5 Å². The minimum absolute atomic E-state index is 0.169. The number of benzene rings is 2. The van der Waals surface area contributed by atoms with Crippen LogP contribution in [0.5, 0.6) is 0 Å². The zero-order chi connectivity index (χ0) is 24.6. The van der Waals surface area contributed by atoms with Crippen molar-refractivity contribution in [2.24, 2.45) is 0 Å². The van der Waals surface area contributed by atoms with Crippen LogP contribution in [-0.4, -0.2) is 53.2 Å². The summed E-state index contributed by atoms with van der Waals surface area (Å²) >= 11 is 0. The third kappa shape index (κ3) is 6.74. The Labute approximate surface area is 203 Å². The molecule has 1 aromatic heterocycles. The molecule has 1 aliphatic rings. The molecule has 4 rings (SSSR count). The highest BCUT2D eigenvalue weighted by molar-refractivity contribution is 5.96. The van der Waals surface area contributed by atoms with Crippen LogP contribution in [0.4, 0.5) is 5.82 Å². The summed E-state index contributed by atoms with van der Waals surface area (Å²) in [5.41, 5.74) is 6.00. The number of hydroxylamine groups is 1. The topological polar surface area (TPSA) is 104 Å². The quantitative estimate of drug-likeness (QED) is 0.301. The Balaban J connectivity index is 1.47. The van der Waals surface area contributed by atoms with Crippen LogP contribution in [0.15, 0.2) is 60.7 Å². The fraction of sp³-hybridized carbons (Fsp3) is 0.222. The molecule has 3 N–H and O–H groups in total. The molecule has 0 spiro atoms. The van der Waals surface area contributed by atoms with Crippen LogP contribution in [0.25, 0.3) is 11.3 Å². The molecular formula is C27H26N4O4. The van der Waals surface area contributed by atoms with Gasteiger partial charge in [-0.1, -0.05) is 36.1 Å². The molecule has 2 aromatic carbocycles. The Morgan fingerprint density at radius 3 is 2.23 bits per heavy atom. The number of amides is 2. The van der Waals surface area contributed by atoms with Crippen LogP contribution < -0.4 is 10.8 Å². The van der Waals surface area contributed by atoms with Crippen molar-refractivity contribution in [1.29, 1.82) is 0 Å². The first kappa shape index (κ1) is 24.1. The maximum atomic E-state index is 11.9. The van der Waals surface area contributed by atoms with Crippen molar-refractivity contribution in [3.8, 4) is 23.1 Å². The summed E-state index contributed by atoms with van der Waals surface area (Å²) in [7, 11) is 0. The second kappa shape index (κ2) is 11.4. The van der Waals surface area contributed by atoms with E-state index in [0.29, 0.717) is 5.69 Å². The largest absolute Gasteiger partial charge is 0.379 e. The van der Waals surface area contributed by atoms with E-state index in [4.69, 9.17) is 9.94 Å². The molecule has 8 nitrogen and oxygen atoms in total.